The van der Waals surface area contributed by atoms with Gasteiger partial charge in [-0.05, 0) is 18.9 Å². The molecular weight excluding hydrogens is 290 g/mol. The van der Waals surface area contributed by atoms with Crippen LogP contribution in [0.15, 0.2) is 42.6 Å². The van der Waals surface area contributed by atoms with Crippen molar-refractivity contribution < 1.29 is 9.90 Å². The fraction of sp³-hybridized carbons (Fsp3) is 0.278. The summed E-state index contributed by atoms with van der Waals surface area (Å²) in [6.07, 6.45) is 6.18. The highest BCUT2D eigenvalue weighted by atomic mass is 16.4. The van der Waals surface area contributed by atoms with E-state index in [1.54, 1.807) is 12.3 Å². The summed E-state index contributed by atoms with van der Waals surface area (Å²) in [5.41, 5.74) is 2.53. The summed E-state index contributed by atoms with van der Waals surface area (Å²) in [6, 6.07) is 11.6. The van der Waals surface area contributed by atoms with Gasteiger partial charge in [-0.15, -0.1) is 0 Å². The molecule has 5 heteroatoms. The normalized spacial score (nSPS) is 15.3. The lowest BCUT2D eigenvalue weighted by molar-refractivity contribution is 0.0699. The van der Waals surface area contributed by atoms with Crippen molar-refractivity contribution in [1.29, 1.82) is 0 Å². The second kappa shape index (κ2) is 5.50. The highest BCUT2D eigenvalue weighted by Crippen LogP contribution is 2.33. The number of carbonyl (C=O) groups is 1. The molecule has 0 radical (unpaired) electrons. The van der Waals surface area contributed by atoms with Crippen LogP contribution in [-0.4, -0.2) is 25.8 Å². The number of hydrogen-bond acceptors (Lipinski definition) is 3. The van der Waals surface area contributed by atoms with Crippen molar-refractivity contribution in [2.24, 2.45) is 0 Å². The SMILES string of the molecule is O=C(O)c1cc(-c2ccccc2)nc2c1cnn2C1CCCC1. The van der Waals surface area contributed by atoms with E-state index < -0.39 is 5.97 Å². The molecule has 116 valence electrons. The van der Waals surface area contributed by atoms with Gasteiger partial charge in [0.15, 0.2) is 5.65 Å². The minimum absolute atomic E-state index is 0.262. The fourth-order valence-electron chi connectivity index (χ4n) is 3.37. The molecule has 0 bridgehead atoms. The van der Waals surface area contributed by atoms with Gasteiger partial charge in [-0.1, -0.05) is 43.2 Å². The number of rotatable bonds is 3. The summed E-state index contributed by atoms with van der Waals surface area (Å²) in [7, 11) is 0. The Kier molecular flexibility index (Phi) is 3.33. The summed E-state index contributed by atoms with van der Waals surface area (Å²) in [6.45, 7) is 0. The van der Waals surface area contributed by atoms with E-state index in [0.29, 0.717) is 22.8 Å². The maximum Gasteiger partial charge on any atom is 0.336 e. The van der Waals surface area contributed by atoms with Gasteiger partial charge in [-0.25, -0.2) is 14.5 Å². The largest absolute Gasteiger partial charge is 0.478 e. The van der Waals surface area contributed by atoms with Gasteiger partial charge >= 0.3 is 5.97 Å². The predicted octanol–water partition coefficient (Wildman–Crippen LogP) is 3.91. The van der Waals surface area contributed by atoms with E-state index in [1.165, 1.54) is 12.8 Å². The van der Waals surface area contributed by atoms with Gasteiger partial charge in [0.05, 0.1) is 28.9 Å². The lowest BCUT2D eigenvalue weighted by atomic mass is 10.1. The lowest BCUT2D eigenvalue weighted by Crippen LogP contribution is -2.08. The van der Waals surface area contributed by atoms with Gasteiger partial charge in [0.2, 0.25) is 0 Å². The van der Waals surface area contributed by atoms with E-state index in [9.17, 15) is 9.90 Å². The molecule has 0 amide bonds. The van der Waals surface area contributed by atoms with Crippen LogP contribution >= 0.6 is 0 Å². The number of benzene rings is 1. The first-order chi connectivity index (χ1) is 11.2. The average Bonchev–Trinajstić information content (AvgIpc) is 3.23. The topological polar surface area (TPSA) is 68.0 Å². The molecule has 1 fully saturated rings. The third-order valence-electron chi connectivity index (χ3n) is 4.54. The van der Waals surface area contributed by atoms with Crippen molar-refractivity contribution in [3.8, 4) is 11.3 Å². The van der Waals surface area contributed by atoms with E-state index in [0.717, 1.165) is 18.4 Å². The molecule has 0 saturated heterocycles. The van der Waals surface area contributed by atoms with Crippen molar-refractivity contribution in [1.82, 2.24) is 14.8 Å². The summed E-state index contributed by atoms with van der Waals surface area (Å²) in [4.78, 5) is 16.4. The summed E-state index contributed by atoms with van der Waals surface area (Å²) < 4.78 is 1.92. The number of aromatic carboxylic acids is 1. The fourth-order valence-corrected chi connectivity index (χ4v) is 3.37. The second-order valence-corrected chi connectivity index (χ2v) is 5.99. The van der Waals surface area contributed by atoms with Crippen LogP contribution in [0.1, 0.15) is 42.1 Å². The summed E-state index contributed by atoms with van der Waals surface area (Å²) in [5, 5.41) is 14.6. The summed E-state index contributed by atoms with van der Waals surface area (Å²) in [5.74, 6) is -0.944. The first kappa shape index (κ1) is 13.9. The van der Waals surface area contributed by atoms with Crippen molar-refractivity contribution in [2.75, 3.05) is 0 Å². The Morgan fingerprint density at radius 3 is 2.61 bits per heavy atom. The highest BCUT2D eigenvalue weighted by molar-refractivity contribution is 6.02. The third kappa shape index (κ3) is 2.38. The Balaban J connectivity index is 1.94. The molecule has 1 N–H and O–H groups in total. The number of pyridine rings is 1. The average molecular weight is 307 g/mol. The lowest BCUT2D eigenvalue weighted by Gasteiger charge is -2.12. The Morgan fingerprint density at radius 1 is 1.17 bits per heavy atom. The molecule has 0 aliphatic heterocycles. The molecule has 3 aromatic rings. The van der Waals surface area contributed by atoms with Crippen LogP contribution in [0.25, 0.3) is 22.3 Å². The number of carboxylic acids is 1. The summed E-state index contributed by atoms with van der Waals surface area (Å²) >= 11 is 0. The zero-order valence-corrected chi connectivity index (χ0v) is 12.6. The highest BCUT2D eigenvalue weighted by Gasteiger charge is 2.23. The molecule has 0 unspecified atom stereocenters. The molecule has 1 aromatic carbocycles. The van der Waals surface area contributed by atoms with Gasteiger partial charge in [0.25, 0.3) is 0 Å². The van der Waals surface area contributed by atoms with Crippen molar-refractivity contribution in [2.45, 2.75) is 31.7 Å². The number of nitrogens with zero attached hydrogens (tertiary/aromatic N) is 3. The van der Waals surface area contributed by atoms with Crippen LogP contribution in [0, 0.1) is 0 Å². The number of aromatic nitrogens is 3. The number of fused-ring (bicyclic) bond motifs is 1. The van der Waals surface area contributed by atoms with Gasteiger partial charge in [0.1, 0.15) is 0 Å². The molecule has 1 saturated carbocycles. The Hall–Kier alpha value is -2.69. The van der Waals surface area contributed by atoms with Crippen molar-refractivity contribution in [3.63, 3.8) is 0 Å². The molecule has 0 atom stereocenters. The van der Waals surface area contributed by atoms with Gasteiger partial charge in [0, 0.05) is 5.56 Å². The predicted molar refractivity (Wildman–Crippen MR) is 87.4 cm³/mol. The molecule has 1 aliphatic carbocycles. The van der Waals surface area contributed by atoms with Crippen molar-refractivity contribution >= 4 is 17.0 Å². The van der Waals surface area contributed by atoms with Crippen LogP contribution in [0.2, 0.25) is 0 Å². The maximum absolute atomic E-state index is 11.7. The molecule has 23 heavy (non-hydrogen) atoms. The van der Waals surface area contributed by atoms with Gasteiger partial charge in [-0.2, -0.15) is 5.10 Å². The quantitative estimate of drug-likeness (QED) is 0.796. The molecular formula is C18H17N3O2. The minimum atomic E-state index is -0.944. The van der Waals surface area contributed by atoms with Crippen LogP contribution < -0.4 is 0 Å². The molecule has 0 spiro atoms. The Morgan fingerprint density at radius 2 is 1.91 bits per heavy atom. The second-order valence-electron chi connectivity index (χ2n) is 5.99. The molecule has 2 heterocycles. The standard InChI is InChI=1S/C18H17N3O2/c22-18(23)14-10-16(12-6-2-1-3-7-12)20-17-15(14)11-19-21(17)13-8-4-5-9-13/h1-3,6-7,10-11,13H,4-5,8-9H2,(H,22,23). The minimum Gasteiger partial charge on any atom is -0.478 e. The Bertz CT molecular complexity index is 865. The third-order valence-corrected chi connectivity index (χ3v) is 4.54. The smallest absolute Gasteiger partial charge is 0.336 e. The van der Waals surface area contributed by atoms with E-state index >= 15 is 0 Å². The number of carboxylic acid groups (broad SMARTS) is 1. The molecule has 4 rings (SSSR count). The first-order valence-corrected chi connectivity index (χ1v) is 7.91. The number of hydrogen-bond donors (Lipinski definition) is 1. The van der Waals surface area contributed by atoms with Crippen LogP contribution in [-0.2, 0) is 0 Å². The Labute approximate surface area is 133 Å². The monoisotopic (exact) mass is 307 g/mol. The molecule has 1 aliphatic rings. The first-order valence-electron chi connectivity index (χ1n) is 7.91. The van der Waals surface area contributed by atoms with Gasteiger partial charge in [-0.3, -0.25) is 0 Å². The van der Waals surface area contributed by atoms with Crippen LogP contribution in [0.5, 0.6) is 0 Å². The van der Waals surface area contributed by atoms with E-state index in [-0.39, 0.29) is 5.56 Å². The van der Waals surface area contributed by atoms with Crippen LogP contribution in [0.4, 0.5) is 0 Å². The zero-order valence-electron chi connectivity index (χ0n) is 12.6. The maximum atomic E-state index is 11.7. The zero-order chi connectivity index (χ0) is 15.8. The van der Waals surface area contributed by atoms with Crippen molar-refractivity contribution in [3.05, 3.63) is 48.2 Å². The van der Waals surface area contributed by atoms with E-state index in [1.807, 2.05) is 35.0 Å². The van der Waals surface area contributed by atoms with E-state index in [4.69, 9.17) is 4.98 Å². The van der Waals surface area contributed by atoms with Crippen LogP contribution in [0.3, 0.4) is 0 Å². The van der Waals surface area contributed by atoms with Gasteiger partial charge < -0.3 is 5.11 Å². The molecule has 5 nitrogen and oxygen atoms in total. The molecule has 2 aromatic heterocycles. The van der Waals surface area contributed by atoms with E-state index in [2.05, 4.69) is 5.10 Å².